The van der Waals surface area contributed by atoms with Gasteiger partial charge in [-0.2, -0.15) is 0 Å². The largest absolute Gasteiger partial charge is 0.486 e. The lowest BCUT2D eigenvalue weighted by molar-refractivity contribution is -0.385. The molecule has 0 radical (unpaired) electrons. The molecular formula is C84H98ClF9N16O6. The van der Waals surface area contributed by atoms with E-state index in [1.807, 2.05) is 54.5 Å². The molecule has 22 nitrogen and oxygen atoms in total. The number of ether oxygens (including phenoxy) is 2. The standard InChI is InChI=1S/C29H32F3N5O.C15H14ClF2N3O.C13H16FN3O2.C13H18FN3.C8H15N.C6H3F2NO2/c1-18(2)37-10-11-38-29-23(31)14-20(15-26(29)37)28-24(32)16-33-27(34-28)13-19-5-6-25(22(30)12-19)36-9-8-35-7-3-4-21(35)17-36;1-8(2)21-3-4-22-14-10(17)5-9(6-12(14)21)13-11(18)7-19-15(16)20-13;14-12-8-10(17(18)19)3-4-13(12)16-7-6-15-5-1-2-11(15)9-16;14-12-8-10(15)3-4-13(12)17-7-6-16-5-1-2-11(16)9-17;1-2-6-9-7-3-5-8(9)4-1;7-5-2-1-4(9(10)11)3-6(5)8/h5-6,12,14-16,18,21H,3-4,7-11,13,17H2,1-2H3;5-8H,3-4H2,1-2H3;3-4,8,11H,1-2,5-7,9H2;3-4,8,11H,1-2,5-7,9,15H2;8H,1-7H2;1-3H. The number of hydrogen-bond donors (Lipinski definition) is 1. The first-order chi connectivity index (χ1) is 55.8. The van der Waals surface area contributed by atoms with E-state index in [1.165, 1.54) is 114 Å². The number of nitrogens with two attached hydrogens (primary N) is 1. The second-order valence-corrected chi connectivity index (χ2v) is 31.6. The van der Waals surface area contributed by atoms with Gasteiger partial charge in [-0.05, 0) is 209 Å². The Kier molecular flexibility index (Phi) is 27.6. The number of nitro groups is 2. The van der Waals surface area contributed by atoms with Crippen LogP contribution in [0.3, 0.4) is 0 Å². The fourth-order valence-electron chi connectivity index (χ4n) is 17.4. The van der Waals surface area contributed by atoms with Crippen LogP contribution < -0.4 is 39.7 Å². The number of non-ortho nitro benzene ring substituents is 2. The molecule has 2 N–H and O–H groups in total. The Morgan fingerprint density at radius 1 is 0.431 bits per heavy atom. The number of fused-ring (bicyclic) bond motifs is 6. The number of piperazine rings is 3. The Bertz CT molecular complexity index is 4780. The van der Waals surface area contributed by atoms with Crippen molar-refractivity contribution >= 4 is 57.1 Å². The van der Waals surface area contributed by atoms with Crippen LogP contribution in [-0.4, -0.2) is 204 Å². The average molecular weight is 1630 g/mol. The minimum atomic E-state index is -1.21. The van der Waals surface area contributed by atoms with Gasteiger partial charge in [0.05, 0.1) is 75.9 Å². The quantitative estimate of drug-likeness (QED) is 0.0419. The number of aromatic nitrogens is 4. The monoisotopic (exact) mass is 1630 g/mol. The van der Waals surface area contributed by atoms with Gasteiger partial charge in [0.1, 0.15) is 42.1 Å². The summed E-state index contributed by atoms with van der Waals surface area (Å²) < 4.78 is 137. The second kappa shape index (κ2) is 38.1. The lowest BCUT2D eigenvalue weighted by atomic mass is 10.0. The highest BCUT2D eigenvalue weighted by atomic mass is 35.5. The normalized spacial score (nSPS) is 20.3. The van der Waals surface area contributed by atoms with Crippen LogP contribution in [0.4, 0.5) is 85.0 Å². The summed E-state index contributed by atoms with van der Waals surface area (Å²) in [5.41, 5.74) is 9.67. The van der Waals surface area contributed by atoms with Crippen molar-refractivity contribution in [1.29, 1.82) is 0 Å². The maximum Gasteiger partial charge on any atom is 0.272 e. The van der Waals surface area contributed by atoms with Gasteiger partial charge in [0.15, 0.2) is 52.2 Å². The number of nitrogens with zero attached hydrogens (tertiary/aromatic N) is 15. The maximum absolute atomic E-state index is 15.2. The summed E-state index contributed by atoms with van der Waals surface area (Å²) in [4.78, 5) is 55.7. The number of anilines is 6. The van der Waals surface area contributed by atoms with E-state index in [-0.39, 0.29) is 64.0 Å². The Labute approximate surface area is 674 Å². The summed E-state index contributed by atoms with van der Waals surface area (Å²) in [5.74, 6) is -4.98. The molecular weight excluding hydrogens is 1540 g/mol. The van der Waals surface area contributed by atoms with E-state index >= 15 is 4.39 Å². The average Bonchev–Trinajstić information content (AvgIpc) is 1.78. The molecule has 0 amide bonds. The smallest absolute Gasteiger partial charge is 0.272 e. The Morgan fingerprint density at radius 2 is 0.853 bits per heavy atom. The van der Waals surface area contributed by atoms with E-state index in [4.69, 9.17) is 26.8 Å². The molecule has 8 fully saturated rings. The molecule has 0 spiro atoms. The molecule has 0 saturated carbocycles. The maximum atomic E-state index is 15.2. The molecule has 4 atom stereocenters. The van der Waals surface area contributed by atoms with Crippen LogP contribution in [0.15, 0.2) is 109 Å². The van der Waals surface area contributed by atoms with Crippen molar-refractivity contribution in [1.82, 2.24) is 39.5 Å². The van der Waals surface area contributed by atoms with Crippen LogP contribution in [0, 0.1) is 72.6 Å². The zero-order valence-electron chi connectivity index (χ0n) is 65.6. The highest BCUT2D eigenvalue weighted by molar-refractivity contribution is 6.28. The minimum absolute atomic E-state index is 0.0116. The summed E-state index contributed by atoms with van der Waals surface area (Å²) in [5, 5.41) is 20.5. The summed E-state index contributed by atoms with van der Waals surface area (Å²) in [6, 6.07) is 25.0. The van der Waals surface area contributed by atoms with Gasteiger partial charge in [0.25, 0.3) is 11.4 Å². The van der Waals surface area contributed by atoms with Crippen molar-refractivity contribution in [3.63, 3.8) is 0 Å². The number of nitrogen functional groups attached to an aromatic ring is 1. The van der Waals surface area contributed by atoms with Crippen molar-refractivity contribution in [3.05, 3.63) is 199 Å². The predicted molar refractivity (Wildman–Crippen MR) is 431 cm³/mol. The molecule has 10 aliphatic rings. The molecule has 32 heteroatoms. The van der Waals surface area contributed by atoms with Crippen LogP contribution in [0.25, 0.3) is 22.5 Å². The van der Waals surface area contributed by atoms with E-state index in [0.717, 1.165) is 115 Å². The minimum Gasteiger partial charge on any atom is -0.486 e. The Hall–Kier alpha value is -9.82. The Balaban J connectivity index is 0.000000129. The number of halogens is 10. The van der Waals surface area contributed by atoms with Crippen molar-refractivity contribution in [2.45, 2.75) is 141 Å². The van der Waals surface area contributed by atoms with E-state index < -0.39 is 56.3 Å². The number of nitro benzene ring substituents is 2. The van der Waals surface area contributed by atoms with Crippen molar-refractivity contribution in [2.24, 2.45) is 0 Å². The molecule has 116 heavy (non-hydrogen) atoms. The molecule has 6 aromatic carbocycles. The molecule has 8 saturated heterocycles. The van der Waals surface area contributed by atoms with Crippen LogP contribution in [0.1, 0.15) is 110 Å². The van der Waals surface area contributed by atoms with Gasteiger partial charge in [-0.3, -0.25) is 34.9 Å². The van der Waals surface area contributed by atoms with Gasteiger partial charge in [-0.25, -0.2) is 59.4 Å². The van der Waals surface area contributed by atoms with E-state index in [0.29, 0.717) is 113 Å². The zero-order chi connectivity index (χ0) is 82.0. The van der Waals surface area contributed by atoms with Gasteiger partial charge in [-0.15, -0.1) is 0 Å². The van der Waals surface area contributed by atoms with Gasteiger partial charge < -0.3 is 44.6 Å². The van der Waals surface area contributed by atoms with E-state index in [1.54, 1.807) is 24.3 Å². The van der Waals surface area contributed by atoms with Crippen LogP contribution in [0.5, 0.6) is 11.5 Å². The first-order valence-corrected chi connectivity index (χ1v) is 40.4. The summed E-state index contributed by atoms with van der Waals surface area (Å²) in [6.45, 7) is 24.4. The first kappa shape index (κ1) is 84.1. The molecule has 0 bridgehead atoms. The molecule has 2 aromatic heterocycles. The molecule has 4 unspecified atom stereocenters. The van der Waals surface area contributed by atoms with Gasteiger partial charge in [-0.1, -0.05) is 12.5 Å². The Morgan fingerprint density at radius 3 is 1.32 bits per heavy atom. The number of benzene rings is 6. The van der Waals surface area contributed by atoms with Gasteiger partial charge >= 0.3 is 0 Å². The molecule has 620 valence electrons. The summed E-state index contributed by atoms with van der Waals surface area (Å²) in [7, 11) is 0. The molecule has 8 aromatic rings. The third-order valence-corrected chi connectivity index (χ3v) is 23.4. The third-order valence-electron chi connectivity index (χ3n) is 23.2. The van der Waals surface area contributed by atoms with Crippen LogP contribution in [-0.2, 0) is 6.42 Å². The van der Waals surface area contributed by atoms with E-state index in [2.05, 4.69) is 49.3 Å². The fraction of sp³-hybridized carbons (Fsp3) is 0.476. The lowest BCUT2D eigenvalue weighted by Crippen LogP contribution is -2.50. The van der Waals surface area contributed by atoms with Crippen molar-refractivity contribution in [2.75, 3.05) is 148 Å². The lowest BCUT2D eigenvalue weighted by Gasteiger charge is -2.39. The van der Waals surface area contributed by atoms with Gasteiger partial charge in [0, 0.05) is 131 Å². The topological polar surface area (TPSA) is 211 Å². The second-order valence-electron chi connectivity index (χ2n) is 31.3. The predicted octanol–water partition coefficient (Wildman–Crippen LogP) is 15.9. The highest BCUT2D eigenvalue weighted by Gasteiger charge is 2.36. The number of piperidine rings is 1. The van der Waals surface area contributed by atoms with Crippen molar-refractivity contribution in [3.8, 4) is 34.0 Å². The number of hydrogen-bond acceptors (Lipinski definition) is 20. The summed E-state index contributed by atoms with van der Waals surface area (Å²) >= 11 is 5.71. The van der Waals surface area contributed by atoms with Crippen molar-refractivity contribution < 1.29 is 58.8 Å². The highest BCUT2D eigenvalue weighted by Crippen LogP contribution is 2.42. The SMILES string of the molecule is C1CCN2CCCC2C1.CC(C)N1CCOc2c(F)cc(-c3nc(Cc4ccc(N5CCN6CCCC6C5)c(F)c4)ncc3F)cc21.CC(C)N1CCOc2c(F)cc(-c3nc(Cl)ncc3F)cc21.Nc1ccc(N2CCN3CCCC3C2)c(F)c1.O=[N+]([O-])c1ccc(F)c(F)c1.O=[N+]([O-])c1ccc(N2CCN3CCCC3C2)c(F)c1. The zero-order valence-corrected chi connectivity index (χ0v) is 66.3. The van der Waals surface area contributed by atoms with Crippen LogP contribution in [0.2, 0.25) is 5.28 Å². The molecule has 12 heterocycles. The third kappa shape index (κ3) is 20.2. The molecule has 10 aliphatic heterocycles. The van der Waals surface area contributed by atoms with Crippen LogP contribution >= 0.6 is 11.6 Å². The first-order valence-electron chi connectivity index (χ1n) is 40.0. The number of rotatable bonds is 11. The summed E-state index contributed by atoms with van der Waals surface area (Å²) in [6.07, 6.45) is 16.9. The van der Waals surface area contributed by atoms with E-state index in [9.17, 15) is 55.4 Å². The molecule has 0 aliphatic carbocycles. The molecule has 18 rings (SSSR count). The van der Waals surface area contributed by atoms with Gasteiger partial charge in [0.2, 0.25) is 5.28 Å². The fourth-order valence-corrected chi connectivity index (χ4v) is 17.5.